The summed E-state index contributed by atoms with van der Waals surface area (Å²) in [6, 6.07) is 12.8. The zero-order valence-electron chi connectivity index (χ0n) is 13.6. The van der Waals surface area contributed by atoms with Crippen molar-refractivity contribution in [3.8, 4) is 11.5 Å². The molecule has 1 aliphatic rings. The van der Waals surface area contributed by atoms with Gasteiger partial charge in [0.15, 0.2) is 6.61 Å². The third-order valence-electron chi connectivity index (χ3n) is 4.14. The number of aliphatic hydroxyl groups excluding tert-OH is 1. The Hall–Kier alpha value is -2.53. The van der Waals surface area contributed by atoms with Crippen LogP contribution in [0.5, 0.6) is 11.5 Å². The number of carbonyl (C=O) groups is 1. The molecule has 0 bridgehead atoms. The number of nitrogens with one attached hydrogen (secondary N) is 1. The van der Waals surface area contributed by atoms with E-state index < -0.39 is 6.10 Å². The molecular weight excluding hydrogens is 306 g/mol. The van der Waals surface area contributed by atoms with E-state index in [9.17, 15) is 9.90 Å². The van der Waals surface area contributed by atoms with Crippen molar-refractivity contribution >= 4 is 11.6 Å². The Labute approximate surface area is 141 Å². The molecule has 2 N–H and O–H groups in total. The van der Waals surface area contributed by atoms with Gasteiger partial charge in [-0.25, -0.2) is 0 Å². The lowest BCUT2D eigenvalue weighted by Crippen LogP contribution is -2.21. The Morgan fingerprint density at radius 3 is 2.96 bits per heavy atom. The fraction of sp³-hybridized carbons (Fsp3) is 0.316. The van der Waals surface area contributed by atoms with Crippen LogP contribution >= 0.6 is 0 Å². The number of hydrogen-bond donors (Lipinski definition) is 2. The van der Waals surface area contributed by atoms with Gasteiger partial charge in [-0.1, -0.05) is 18.2 Å². The normalized spacial score (nSPS) is 16.2. The Morgan fingerprint density at radius 1 is 1.29 bits per heavy atom. The van der Waals surface area contributed by atoms with E-state index in [-0.39, 0.29) is 12.5 Å². The second-order valence-electron chi connectivity index (χ2n) is 5.80. The first-order valence-corrected chi connectivity index (χ1v) is 8.04. The number of hydrogen-bond acceptors (Lipinski definition) is 4. The number of amides is 1. The van der Waals surface area contributed by atoms with E-state index in [0.717, 1.165) is 30.4 Å². The standard InChI is InChI=1S/C19H21NO4/c1-23-14-6-2-5-13(11-14)20-19(22)12-24-18-10-4-7-15-16(18)8-3-9-17(15)21/h2,4-7,10-11,17,21H,3,8-9,12H2,1H3,(H,20,22). The number of rotatable bonds is 5. The minimum atomic E-state index is -0.442. The molecule has 0 aromatic heterocycles. The Bertz CT molecular complexity index is 729. The smallest absolute Gasteiger partial charge is 0.262 e. The second-order valence-corrected chi connectivity index (χ2v) is 5.80. The van der Waals surface area contributed by atoms with Crippen LogP contribution in [-0.4, -0.2) is 24.7 Å². The average molecular weight is 327 g/mol. The topological polar surface area (TPSA) is 67.8 Å². The van der Waals surface area contributed by atoms with Crippen molar-refractivity contribution in [1.29, 1.82) is 0 Å². The van der Waals surface area contributed by atoms with Gasteiger partial charge in [0, 0.05) is 11.8 Å². The zero-order valence-corrected chi connectivity index (χ0v) is 13.6. The molecule has 1 atom stereocenters. The molecule has 2 aromatic rings. The highest BCUT2D eigenvalue weighted by atomic mass is 16.5. The molecule has 2 aromatic carbocycles. The van der Waals surface area contributed by atoms with Crippen LogP contribution in [0.15, 0.2) is 42.5 Å². The lowest BCUT2D eigenvalue weighted by Gasteiger charge is -2.23. The predicted octanol–water partition coefficient (Wildman–Crippen LogP) is 3.08. The summed E-state index contributed by atoms with van der Waals surface area (Å²) in [5, 5.41) is 12.8. The van der Waals surface area contributed by atoms with Gasteiger partial charge >= 0.3 is 0 Å². The van der Waals surface area contributed by atoms with Crippen molar-refractivity contribution in [2.45, 2.75) is 25.4 Å². The van der Waals surface area contributed by atoms with Crippen LogP contribution in [0, 0.1) is 0 Å². The van der Waals surface area contributed by atoms with Crippen molar-refractivity contribution in [3.63, 3.8) is 0 Å². The minimum Gasteiger partial charge on any atom is -0.497 e. The van der Waals surface area contributed by atoms with Crippen molar-refractivity contribution in [2.24, 2.45) is 0 Å². The van der Waals surface area contributed by atoms with E-state index in [4.69, 9.17) is 9.47 Å². The van der Waals surface area contributed by atoms with Crippen LogP contribution in [0.3, 0.4) is 0 Å². The van der Waals surface area contributed by atoms with Crippen LogP contribution in [0.25, 0.3) is 0 Å². The van der Waals surface area contributed by atoms with Gasteiger partial charge < -0.3 is 19.9 Å². The number of benzene rings is 2. The fourth-order valence-electron chi connectivity index (χ4n) is 2.97. The molecule has 0 saturated carbocycles. The Kier molecular flexibility index (Phi) is 5.01. The number of anilines is 1. The lowest BCUT2D eigenvalue weighted by atomic mass is 9.89. The molecule has 0 heterocycles. The van der Waals surface area contributed by atoms with Crippen LogP contribution in [0.4, 0.5) is 5.69 Å². The molecule has 0 saturated heterocycles. The summed E-state index contributed by atoms with van der Waals surface area (Å²) in [5.74, 6) is 1.11. The van der Waals surface area contributed by atoms with Crippen molar-refractivity contribution in [2.75, 3.05) is 19.0 Å². The summed E-state index contributed by atoms with van der Waals surface area (Å²) in [5.41, 5.74) is 2.57. The average Bonchev–Trinajstić information content (AvgIpc) is 2.60. The second kappa shape index (κ2) is 7.36. The molecule has 3 rings (SSSR count). The summed E-state index contributed by atoms with van der Waals surface area (Å²) in [6.45, 7) is -0.0796. The van der Waals surface area contributed by atoms with Gasteiger partial charge in [0.25, 0.3) is 5.91 Å². The quantitative estimate of drug-likeness (QED) is 0.885. The van der Waals surface area contributed by atoms with Crippen molar-refractivity contribution in [3.05, 3.63) is 53.6 Å². The zero-order chi connectivity index (χ0) is 16.9. The molecule has 0 spiro atoms. The molecule has 1 aliphatic carbocycles. The molecule has 0 radical (unpaired) electrons. The number of aliphatic hydroxyl groups is 1. The van der Waals surface area contributed by atoms with Gasteiger partial charge in [-0.2, -0.15) is 0 Å². The number of methoxy groups -OCH3 is 1. The highest BCUT2D eigenvalue weighted by Gasteiger charge is 2.21. The van der Waals surface area contributed by atoms with Gasteiger partial charge in [0.1, 0.15) is 11.5 Å². The van der Waals surface area contributed by atoms with E-state index in [0.29, 0.717) is 17.2 Å². The first-order valence-electron chi connectivity index (χ1n) is 8.04. The molecule has 1 unspecified atom stereocenters. The molecule has 5 heteroatoms. The largest absolute Gasteiger partial charge is 0.497 e. The summed E-state index contributed by atoms with van der Waals surface area (Å²) >= 11 is 0. The Morgan fingerprint density at radius 2 is 2.12 bits per heavy atom. The van der Waals surface area contributed by atoms with Gasteiger partial charge in [0.05, 0.1) is 13.2 Å². The van der Waals surface area contributed by atoms with E-state index in [1.807, 2.05) is 30.3 Å². The Balaban J connectivity index is 1.63. The summed E-state index contributed by atoms with van der Waals surface area (Å²) in [6.07, 6.45) is 2.11. The van der Waals surface area contributed by atoms with Crippen LogP contribution in [-0.2, 0) is 11.2 Å². The highest BCUT2D eigenvalue weighted by Crippen LogP contribution is 2.35. The maximum absolute atomic E-state index is 12.1. The van der Waals surface area contributed by atoms with Crippen LogP contribution in [0.1, 0.15) is 30.1 Å². The van der Waals surface area contributed by atoms with Crippen LogP contribution in [0.2, 0.25) is 0 Å². The first kappa shape index (κ1) is 16.3. The molecule has 0 fully saturated rings. The summed E-state index contributed by atoms with van der Waals surface area (Å²) in [4.78, 5) is 12.1. The van der Waals surface area contributed by atoms with E-state index >= 15 is 0 Å². The summed E-state index contributed by atoms with van der Waals surface area (Å²) in [7, 11) is 1.58. The number of ether oxygens (including phenoxy) is 2. The maximum atomic E-state index is 12.1. The number of carbonyl (C=O) groups excluding carboxylic acids is 1. The third-order valence-corrected chi connectivity index (χ3v) is 4.14. The number of fused-ring (bicyclic) bond motifs is 1. The molecule has 5 nitrogen and oxygen atoms in total. The third kappa shape index (κ3) is 3.68. The molecule has 1 amide bonds. The maximum Gasteiger partial charge on any atom is 0.262 e. The van der Waals surface area contributed by atoms with E-state index in [2.05, 4.69) is 5.32 Å². The minimum absolute atomic E-state index is 0.0796. The SMILES string of the molecule is COc1cccc(NC(=O)COc2cccc3c2CCCC3O)c1. The fourth-order valence-corrected chi connectivity index (χ4v) is 2.97. The molecule has 24 heavy (non-hydrogen) atoms. The van der Waals surface area contributed by atoms with Gasteiger partial charge in [-0.05, 0) is 48.6 Å². The molecule has 126 valence electrons. The van der Waals surface area contributed by atoms with Crippen LogP contribution < -0.4 is 14.8 Å². The van der Waals surface area contributed by atoms with E-state index in [1.54, 1.807) is 19.2 Å². The van der Waals surface area contributed by atoms with Gasteiger partial charge in [-0.3, -0.25) is 4.79 Å². The lowest BCUT2D eigenvalue weighted by molar-refractivity contribution is -0.118. The summed E-state index contributed by atoms with van der Waals surface area (Å²) < 4.78 is 10.8. The molecule has 0 aliphatic heterocycles. The monoisotopic (exact) mass is 327 g/mol. The van der Waals surface area contributed by atoms with Gasteiger partial charge in [0.2, 0.25) is 0 Å². The van der Waals surface area contributed by atoms with Crippen molar-refractivity contribution < 1.29 is 19.4 Å². The first-order chi connectivity index (χ1) is 11.7. The van der Waals surface area contributed by atoms with Crippen molar-refractivity contribution in [1.82, 2.24) is 0 Å². The van der Waals surface area contributed by atoms with Gasteiger partial charge in [-0.15, -0.1) is 0 Å². The highest BCUT2D eigenvalue weighted by molar-refractivity contribution is 5.92. The predicted molar refractivity (Wildman–Crippen MR) is 91.5 cm³/mol. The molecular formula is C19H21NO4. The van der Waals surface area contributed by atoms with E-state index in [1.165, 1.54) is 0 Å².